The first-order valence-corrected chi connectivity index (χ1v) is 4.63. The van der Waals surface area contributed by atoms with E-state index < -0.39 is 23.8 Å². The van der Waals surface area contributed by atoms with Gasteiger partial charge in [0.15, 0.2) is 11.6 Å². The molecule has 2 aromatic rings. The molecular formula is C11H6F4N2. The smallest absolute Gasteiger partial charge is 0.253 e. The minimum Gasteiger partial charge on any atom is -0.253 e. The predicted octanol–water partition coefficient (Wildman–Crippen LogP) is 3.36. The predicted molar refractivity (Wildman–Crippen MR) is 52.3 cm³/mol. The molecule has 0 unspecified atom stereocenters. The second-order valence-corrected chi connectivity index (χ2v) is 3.26. The van der Waals surface area contributed by atoms with Gasteiger partial charge in [-0.3, -0.25) is 9.97 Å². The van der Waals surface area contributed by atoms with Crippen molar-refractivity contribution in [2.75, 3.05) is 0 Å². The number of benzene rings is 1. The number of hydrogen-bond donors (Lipinski definition) is 0. The van der Waals surface area contributed by atoms with Crippen molar-refractivity contribution in [2.45, 2.75) is 6.43 Å². The fourth-order valence-corrected chi connectivity index (χ4v) is 1.26. The van der Waals surface area contributed by atoms with Crippen LogP contribution in [0.3, 0.4) is 0 Å². The van der Waals surface area contributed by atoms with Gasteiger partial charge in [-0.1, -0.05) is 0 Å². The zero-order valence-electron chi connectivity index (χ0n) is 8.37. The number of hydrogen-bond acceptors (Lipinski definition) is 2. The van der Waals surface area contributed by atoms with Crippen LogP contribution < -0.4 is 0 Å². The van der Waals surface area contributed by atoms with Crippen molar-refractivity contribution in [1.82, 2.24) is 9.97 Å². The average Bonchev–Trinajstić information content (AvgIpc) is 2.33. The molecule has 0 N–H and O–H groups in total. The fourth-order valence-electron chi connectivity index (χ4n) is 1.26. The van der Waals surface area contributed by atoms with Crippen LogP contribution in [-0.4, -0.2) is 9.97 Å². The maximum Gasteiger partial charge on any atom is 0.281 e. The van der Waals surface area contributed by atoms with E-state index in [1.807, 2.05) is 0 Å². The number of halogens is 4. The summed E-state index contributed by atoms with van der Waals surface area (Å²) in [7, 11) is 0. The Labute approximate surface area is 94.0 Å². The lowest BCUT2D eigenvalue weighted by Gasteiger charge is -2.02. The molecule has 6 heteroatoms. The van der Waals surface area contributed by atoms with Crippen LogP contribution in [0.15, 0.2) is 30.6 Å². The van der Waals surface area contributed by atoms with E-state index in [0.29, 0.717) is 0 Å². The second-order valence-electron chi connectivity index (χ2n) is 3.26. The average molecular weight is 242 g/mol. The molecule has 0 radical (unpaired) electrons. The van der Waals surface area contributed by atoms with Crippen molar-refractivity contribution in [2.24, 2.45) is 0 Å². The van der Waals surface area contributed by atoms with Crippen molar-refractivity contribution >= 4 is 0 Å². The Balaban J connectivity index is 2.36. The van der Waals surface area contributed by atoms with E-state index in [0.717, 1.165) is 24.5 Å². The Bertz CT molecular complexity index is 525. The Kier molecular flexibility index (Phi) is 3.03. The molecule has 0 aliphatic heterocycles. The summed E-state index contributed by atoms with van der Waals surface area (Å²) >= 11 is 0. The van der Waals surface area contributed by atoms with Gasteiger partial charge in [-0.15, -0.1) is 0 Å². The van der Waals surface area contributed by atoms with E-state index in [9.17, 15) is 17.6 Å². The van der Waals surface area contributed by atoms with Gasteiger partial charge in [-0.2, -0.15) is 0 Å². The largest absolute Gasteiger partial charge is 0.281 e. The topological polar surface area (TPSA) is 25.8 Å². The molecule has 1 heterocycles. The standard InChI is InChI=1S/C11H6F4N2/c12-7-2-1-6(3-8(7)13)9-4-17-10(5-16-9)11(14)15/h1-5,11H. The molecule has 1 aromatic carbocycles. The summed E-state index contributed by atoms with van der Waals surface area (Å²) < 4.78 is 50.0. The number of aromatic nitrogens is 2. The number of nitrogens with zero attached hydrogens (tertiary/aromatic N) is 2. The molecule has 88 valence electrons. The van der Waals surface area contributed by atoms with Crippen molar-refractivity contribution < 1.29 is 17.6 Å². The van der Waals surface area contributed by atoms with Gasteiger partial charge >= 0.3 is 0 Å². The highest BCUT2D eigenvalue weighted by Gasteiger charge is 2.10. The highest BCUT2D eigenvalue weighted by atomic mass is 19.3. The molecule has 17 heavy (non-hydrogen) atoms. The lowest BCUT2D eigenvalue weighted by molar-refractivity contribution is 0.145. The van der Waals surface area contributed by atoms with Gasteiger partial charge in [-0.25, -0.2) is 17.6 Å². The van der Waals surface area contributed by atoms with E-state index >= 15 is 0 Å². The maximum atomic E-state index is 12.9. The van der Waals surface area contributed by atoms with Crippen LogP contribution in [0.4, 0.5) is 17.6 Å². The Morgan fingerprint density at radius 1 is 0.941 bits per heavy atom. The van der Waals surface area contributed by atoms with Gasteiger partial charge in [0.25, 0.3) is 6.43 Å². The number of alkyl halides is 2. The van der Waals surface area contributed by atoms with Crippen molar-refractivity contribution in [3.63, 3.8) is 0 Å². The van der Waals surface area contributed by atoms with Crippen molar-refractivity contribution in [1.29, 1.82) is 0 Å². The molecule has 2 rings (SSSR count). The van der Waals surface area contributed by atoms with Crippen LogP contribution in [0.25, 0.3) is 11.3 Å². The van der Waals surface area contributed by atoms with Crippen LogP contribution in [0.1, 0.15) is 12.1 Å². The zero-order valence-corrected chi connectivity index (χ0v) is 8.37. The third-order valence-electron chi connectivity index (χ3n) is 2.11. The lowest BCUT2D eigenvalue weighted by Crippen LogP contribution is -1.94. The van der Waals surface area contributed by atoms with Crippen LogP contribution in [-0.2, 0) is 0 Å². The minimum atomic E-state index is -2.71. The first kappa shape index (κ1) is 11.5. The summed E-state index contributed by atoms with van der Waals surface area (Å²) in [5.41, 5.74) is 0.0156. The second kappa shape index (κ2) is 4.48. The van der Waals surface area contributed by atoms with E-state index in [4.69, 9.17) is 0 Å². The fraction of sp³-hybridized carbons (Fsp3) is 0.0909. The molecule has 1 aromatic heterocycles. The molecule has 0 saturated heterocycles. The molecule has 0 atom stereocenters. The van der Waals surface area contributed by atoms with Gasteiger partial charge in [0.2, 0.25) is 0 Å². The molecule has 0 fully saturated rings. The first-order valence-electron chi connectivity index (χ1n) is 4.63. The Hall–Kier alpha value is -1.98. The van der Waals surface area contributed by atoms with Crippen molar-refractivity contribution in [3.8, 4) is 11.3 Å². The SMILES string of the molecule is Fc1ccc(-c2cnc(C(F)F)cn2)cc1F. The van der Waals surface area contributed by atoms with Gasteiger partial charge in [0, 0.05) is 5.56 Å². The van der Waals surface area contributed by atoms with Crippen LogP contribution in [0.2, 0.25) is 0 Å². The summed E-state index contributed by atoms with van der Waals surface area (Å²) in [5, 5.41) is 0. The molecule has 0 spiro atoms. The van der Waals surface area contributed by atoms with Crippen molar-refractivity contribution in [3.05, 3.63) is 47.9 Å². The third-order valence-corrected chi connectivity index (χ3v) is 2.11. The van der Waals surface area contributed by atoms with Gasteiger partial charge in [-0.05, 0) is 18.2 Å². The Morgan fingerprint density at radius 2 is 1.71 bits per heavy atom. The molecule has 0 amide bonds. The minimum absolute atomic E-state index is 0.202. The van der Waals surface area contributed by atoms with Gasteiger partial charge < -0.3 is 0 Å². The summed E-state index contributed by atoms with van der Waals surface area (Å²) in [6.07, 6.45) is -0.711. The highest BCUT2D eigenvalue weighted by molar-refractivity contribution is 5.57. The normalized spacial score (nSPS) is 10.9. The zero-order chi connectivity index (χ0) is 12.4. The summed E-state index contributed by atoms with van der Waals surface area (Å²) in [5.74, 6) is -2.01. The summed E-state index contributed by atoms with van der Waals surface area (Å²) in [4.78, 5) is 7.19. The molecule has 2 nitrogen and oxygen atoms in total. The first-order chi connectivity index (χ1) is 8.08. The van der Waals surface area contributed by atoms with E-state index in [1.54, 1.807) is 0 Å². The van der Waals surface area contributed by atoms with Crippen LogP contribution >= 0.6 is 0 Å². The maximum absolute atomic E-state index is 12.9. The molecule has 0 aliphatic carbocycles. The molecular weight excluding hydrogens is 236 g/mol. The van der Waals surface area contributed by atoms with Crippen LogP contribution in [0, 0.1) is 11.6 Å². The molecule has 0 aliphatic rings. The van der Waals surface area contributed by atoms with E-state index in [2.05, 4.69) is 9.97 Å². The van der Waals surface area contributed by atoms with Gasteiger partial charge in [0.1, 0.15) is 5.69 Å². The van der Waals surface area contributed by atoms with E-state index in [-0.39, 0.29) is 11.3 Å². The quantitative estimate of drug-likeness (QED) is 0.754. The molecule has 0 bridgehead atoms. The third kappa shape index (κ3) is 2.41. The van der Waals surface area contributed by atoms with Crippen LogP contribution in [0.5, 0.6) is 0 Å². The lowest BCUT2D eigenvalue weighted by atomic mass is 10.1. The number of rotatable bonds is 2. The monoisotopic (exact) mass is 242 g/mol. The molecule has 0 saturated carbocycles. The summed E-state index contributed by atoms with van der Waals surface area (Å²) in [6.45, 7) is 0. The Morgan fingerprint density at radius 3 is 2.24 bits per heavy atom. The van der Waals surface area contributed by atoms with Gasteiger partial charge in [0.05, 0.1) is 18.1 Å². The summed E-state index contributed by atoms with van der Waals surface area (Å²) in [6, 6.07) is 3.17. The highest BCUT2D eigenvalue weighted by Crippen LogP contribution is 2.21. The van der Waals surface area contributed by atoms with E-state index in [1.165, 1.54) is 6.07 Å².